The highest BCUT2D eigenvalue weighted by Crippen LogP contribution is 2.17. The van der Waals surface area contributed by atoms with E-state index in [0.717, 1.165) is 11.3 Å². The highest BCUT2D eigenvalue weighted by atomic mass is 16.5. The maximum Gasteiger partial charge on any atom is 0.243 e. The summed E-state index contributed by atoms with van der Waals surface area (Å²) >= 11 is 0. The minimum absolute atomic E-state index is 0.0331. The van der Waals surface area contributed by atoms with Gasteiger partial charge in [-0.2, -0.15) is 0 Å². The minimum Gasteiger partial charge on any atom is -0.494 e. The molecule has 0 fully saturated rings. The standard InChI is InChI=1S/C17H24N2O3/c1-4-16(20)18-12-6-7-17(21)19-13(3)14-8-10-15(11-9-14)22-5-2/h4,8-11,13H,1,5-7,12H2,2-3H3,(H,18,20)(H,19,21)/t13-/m1/s1. The Morgan fingerprint density at radius 1 is 1.32 bits per heavy atom. The first-order valence-electron chi connectivity index (χ1n) is 7.49. The Kier molecular flexibility index (Phi) is 7.75. The second kappa shape index (κ2) is 9.60. The molecule has 0 aliphatic carbocycles. The van der Waals surface area contributed by atoms with Crippen LogP contribution in [0.2, 0.25) is 0 Å². The zero-order valence-corrected chi connectivity index (χ0v) is 13.2. The van der Waals surface area contributed by atoms with E-state index in [2.05, 4.69) is 17.2 Å². The fourth-order valence-electron chi connectivity index (χ4n) is 1.95. The van der Waals surface area contributed by atoms with Gasteiger partial charge in [0.15, 0.2) is 0 Å². The van der Waals surface area contributed by atoms with Crippen molar-refractivity contribution < 1.29 is 14.3 Å². The number of rotatable bonds is 9. The van der Waals surface area contributed by atoms with Crippen molar-refractivity contribution in [2.45, 2.75) is 32.7 Å². The van der Waals surface area contributed by atoms with Crippen LogP contribution in [0.4, 0.5) is 0 Å². The van der Waals surface area contributed by atoms with Crippen molar-refractivity contribution in [3.05, 3.63) is 42.5 Å². The quantitative estimate of drug-likeness (QED) is 0.543. The summed E-state index contributed by atoms with van der Waals surface area (Å²) in [4.78, 5) is 22.8. The van der Waals surface area contributed by atoms with E-state index in [1.165, 1.54) is 6.08 Å². The fraction of sp³-hybridized carbons (Fsp3) is 0.412. The van der Waals surface area contributed by atoms with Crippen LogP contribution in [0.1, 0.15) is 38.3 Å². The van der Waals surface area contributed by atoms with Crippen LogP contribution >= 0.6 is 0 Å². The van der Waals surface area contributed by atoms with Crippen LogP contribution in [-0.4, -0.2) is 25.0 Å². The Morgan fingerprint density at radius 2 is 2.00 bits per heavy atom. The molecule has 0 saturated carbocycles. The van der Waals surface area contributed by atoms with Crippen LogP contribution in [-0.2, 0) is 9.59 Å². The normalized spacial score (nSPS) is 11.4. The van der Waals surface area contributed by atoms with Crippen LogP contribution in [0.25, 0.3) is 0 Å². The van der Waals surface area contributed by atoms with Crippen molar-refractivity contribution in [2.75, 3.05) is 13.2 Å². The van der Waals surface area contributed by atoms with Gasteiger partial charge in [0, 0.05) is 13.0 Å². The average molecular weight is 304 g/mol. The number of nitrogens with one attached hydrogen (secondary N) is 2. The third-order valence-corrected chi connectivity index (χ3v) is 3.13. The molecule has 0 heterocycles. The lowest BCUT2D eigenvalue weighted by molar-refractivity contribution is -0.122. The van der Waals surface area contributed by atoms with Crippen LogP contribution in [0.5, 0.6) is 5.75 Å². The molecular formula is C17H24N2O3. The second-order valence-corrected chi connectivity index (χ2v) is 4.89. The molecule has 0 radical (unpaired) electrons. The Bertz CT molecular complexity index is 497. The maximum atomic E-state index is 11.8. The summed E-state index contributed by atoms with van der Waals surface area (Å²) in [5.41, 5.74) is 1.02. The third-order valence-electron chi connectivity index (χ3n) is 3.13. The molecule has 1 atom stereocenters. The summed E-state index contributed by atoms with van der Waals surface area (Å²) in [5.74, 6) is 0.570. The summed E-state index contributed by atoms with van der Waals surface area (Å²) < 4.78 is 5.39. The smallest absolute Gasteiger partial charge is 0.243 e. The molecule has 0 aliphatic heterocycles. The molecule has 0 spiro atoms. The fourth-order valence-corrected chi connectivity index (χ4v) is 1.95. The van der Waals surface area contributed by atoms with E-state index in [0.29, 0.717) is 26.0 Å². The molecule has 0 aliphatic rings. The van der Waals surface area contributed by atoms with E-state index in [-0.39, 0.29) is 17.9 Å². The van der Waals surface area contributed by atoms with Crippen LogP contribution in [0.3, 0.4) is 0 Å². The Morgan fingerprint density at radius 3 is 2.59 bits per heavy atom. The first-order valence-corrected chi connectivity index (χ1v) is 7.49. The zero-order valence-electron chi connectivity index (χ0n) is 13.2. The largest absolute Gasteiger partial charge is 0.494 e. The number of hydrogen-bond donors (Lipinski definition) is 2. The molecule has 120 valence electrons. The SMILES string of the molecule is C=CC(=O)NCCCC(=O)N[C@H](C)c1ccc(OCC)cc1. The molecule has 1 aromatic carbocycles. The Labute approximate surface area is 131 Å². The maximum absolute atomic E-state index is 11.8. The molecule has 0 aromatic heterocycles. The van der Waals surface area contributed by atoms with Gasteiger partial charge in [0.25, 0.3) is 0 Å². The van der Waals surface area contributed by atoms with Gasteiger partial charge >= 0.3 is 0 Å². The molecule has 5 heteroatoms. The summed E-state index contributed by atoms with van der Waals surface area (Å²) in [6, 6.07) is 7.62. The van der Waals surface area contributed by atoms with E-state index in [4.69, 9.17) is 4.74 Å². The molecular weight excluding hydrogens is 280 g/mol. The van der Waals surface area contributed by atoms with E-state index in [1.807, 2.05) is 38.1 Å². The highest BCUT2D eigenvalue weighted by Gasteiger charge is 2.09. The average Bonchev–Trinajstić information content (AvgIpc) is 2.52. The number of amides is 2. The van der Waals surface area contributed by atoms with Gasteiger partial charge in [-0.1, -0.05) is 18.7 Å². The van der Waals surface area contributed by atoms with E-state index in [1.54, 1.807) is 0 Å². The Hall–Kier alpha value is -2.30. The highest BCUT2D eigenvalue weighted by molar-refractivity contribution is 5.86. The van der Waals surface area contributed by atoms with Crippen LogP contribution < -0.4 is 15.4 Å². The molecule has 0 unspecified atom stereocenters. The molecule has 1 rings (SSSR count). The second-order valence-electron chi connectivity index (χ2n) is 4.89. The summed E-state index contributed by atoms with van der Waals surface area (Å²) in [5, 5.41) is 5.58. The van der Waals surface area contributed by atoms with Gasteiger partial charge in [-0.25, -0.2) is 0 Å². The van der Waals surface area contributed by atoms with Gasteiger partial charge in [-0.15, -0.1) is 0 Å². The van der Waals surface area contributed by atoms with E-state index >= 15 is 0 Å². The van der Waals surface area contributed by atoms with Gasteiger partial charge in [0.05, 0.1) is 12.6 Å². The first-order chi connectivity index (χ1) is 10.6. The minimum atomic E-state index is -0.219. The van der Waals surface area contributed by atoms with Crippen molar-refractivity contribution in [3.8, 4) is 5.75 Å². The third kappa shape index (κ3) is 6.43. The van der Waals surface area contributed by atoms with Crippen LogP contribution in [0.15, 0.2) is 36.9 Å². The van der Waals surface area contributed by atoms with Crippen molar-refractivity contribution in [3.63, 3.8) is 0 Å². The molecule has 1 aromatic rings. The van der Waals surface area contributed by atoms with Gasteiger partial charge in [0.2, 0.25) is 11.8 Å². The summed E-state index contributed by atoms with van der Waals surface area (Å²) in [6.45, 7) is 8.34. The number of ether oxygens (including phenoxy) is 1. The topological polar surface area (TPSA) is 67.4 Å². The van der Waals surface area contributed by atoms with E-state index in [9.17, 15) is 9.59 Å². The van der Waals surface area contributed by atoms with Gasteiger partial charge in [-0.3, -0.25) is 9.59 Å². The first kappa shape index (κ1) is 17.8. The van der Waals surface area contributed by atoms with Gasteiger partial charge < -0.3 is 15.4 Å². The lowest BCUT2D eigenvalue weighted by Crippen LogP contribution is -2.28. The molecule has 2 amide bonds. The molecule has 0 saturated heterocycles. The number of carbonyl (C=O) groups is 2. The number of benzene rings is 1. The molecule has 22 heavy (non-hydrogen) atoms. The number of carbonyl (C=O) groups excluding carboxylic acids is 2. The summed E-state index contributed by atoms with van der Waals surface area (Å²) in [7, 11) is 0. The van der Waals surface area contributed by atoms with Crippen molar-refractivity contribution >= 4 is 11.8 Å². The zero-order chi connectivity index (χ0) is 16.4. The number of hydrogen-bond acceptors (Lipinski definition) is 3. The molecule has 5 nitrogen and oxygen atoms in total. The predicted molar refractivity (Wildman–Crippen MR) is 86.6 cm³/mol. The van der Waals surface area contributed by atoms with E-state index < -0.39 is 0 Å². The lowest BCUT2D eigenvalue weighted by Gasteiger charge is -2.15. The summed E-state index contributed by atoms with van der Waals surface area (Å²) in [6.07, 6.45) is 2.19. The van der Waals surface area contributed by atoms with Crippen molar-refractivity contribution in [2.24, 2.45) is 0 Å². The van der Waals surface area contributed by atoms with Crippen molar-refractivity contribution in [1.29, 1.82) is 0 Å². The molecule has 2 N–H and O–H groups in total. The predicted octanol–water partition coefficient (Wildman–Crippen LogP) is 2.34. The van der Waals surface area contributed by atoms with Gasteiger partial charge in [0.1, 0.15) is 5.75 Å². The molecule has 0 bridgehead atoms. The monoisotopic (exact) mass is 304 g/mol. The van der Waals surface area contributed by atoms with Gasteiger partial charge in [-0.05, 0) is 44.0 Å². The van der Waals surface area contributed by atoms with Crippen LogP contribution in [0, 0.1) is 0 Å². The van der Waals surface area contributed by atoms with Crippen molar-refractivity contribution in [1.82, 2.24) is 10.6 Å². The Balaban J connectivity index is 2.33. The lowest BCUT2D eigenvalue weighted by atomic mass is 10.1.